The predicted molar refractivity (Wildman–Crippen MR) is 185 cm³/mol. The van der Waals surface area contributed by atoms with Crippen LogP contribution in [0.2, 0.25) is 0 Å². The van der Waals surface area contributed by atoms with Crippen LogP contribution in [0.25, 0.3) is 55.3 Å². The molecular weight excluding hydrogens is 546 g/mol. The fraction of sp³-hybridized carbons (Fsp3) is 0.0233. The maximum atomic E-state index is 6.16. The van der Waals surface area contributed by atoms with E-state index in [0.29, 0.717) is 0 Å². The number of hydrogen-bond acceptors (Lipinski definition) is 2. The molecule has 0 atom stereocenters. The molecule has 1 N–H and O–H groups in total. The van der Waals surface area contributed by atoms with Gasteiger partial charge in [0.25, 0.3) is 0 Å². The number of benzene rings is 7. The summed E-state index contributed by atoms with van der Waals surface area (Å²) >= 11 is 0. The Bertz CT molecular complexity index is 2420. The second-order valence-electron chi connectivity index (χ2n) is 12.1. The van der Waals surface area contributed by atoms with E-state index in [1.807, 2.05) is 12.1 Å². The molecule has 1 spiro atoms. The average Bonchev–Trinajstić information content (AvgIpc) is 3.73. The van der Waals surface area contributed by atoms with Gasteiger partial charge in [-0.2, -0.15) is 0 Å². The Balaban J connectivity index is 1.07. The summed E-state index contributed by atoms with van der Waals surface area (Å²) in [6.07, 6.45) is 0. The third-order valence-corrected chi connectivity index (χ3v) is 9.90. The van der Waals surface area contributed by atoms with Crippen LogP contribution in [0.5, 0.6) is 0 Å². The Kier molecular flexibility index (Phi) is 4.95. The largest absolute Gasteiger partial charge is 0.456 e. The number of hydrogen-bond donors (Lipinski definition) is 1. The molecule has 0 unspecified atom stereocenters. The van der Waals surface area contributed by atoms with Crippen molar-refractivity contribution in [2.75, 3.05) is 5.32 Å². The van der Waals surface area contributed by atoms with Crippen molar-refractivity contribution in [1.29, 1.82) is 0 Å². The maximum Gasteiger partial charge on any atom is 0.136 e. The number of para-hydroxylation sites is 1. The third-order valence-electron chi connectivity index (χ3n) is 9.90. The molecule has 0 bridgehead atoms. The second kappa shape index (κ2) is 9.07. The summed E-state index contributed by atoms with van der Waals surface area (Å²) in [5.74, 6) is 0. The van der Waals surface area contributed by atoms with E-state index in [0.717, 1.165) is 44.4 Å². The monoisotopic (exact) mass is 573 g/mol. The number of fused-ring (bicyclic) bond motifs is 13. The van der Waals surface area contributed by atoms with E-state index in [1.54, 1.807) is 0 Å². The summed E-state index contributed by atoms with van der Waals surface area (Å²) in [6, 6.07) is 57.0. The molecule has 45 heavy (non-hydrogen) atoms. The molecule has 2 aliphatic carbocycles. The number of furan rings is 1. The molecule has 0 saturated carbocycles. The highest BCUT2D eigenvalue weighted by atomic mass is 16.3. The van der Waals surface area contributed by atoms with Gasteiger partial charge < -0.3 is 9.73 Å². The van der Waals surface area contributed by atoms with Gasteiger partial charge in [0.1, 0.15) is 11.2 Å². The molecule has 8 aromatic rings. The topological polar surface area (TPSA) is 25.2 Å². The van der Waals surface area contributed by atoms with E-state index in [9.17, 15) is 0 Å². The molecule has 10 rings (SSSR count). The standard InChI is InChI=1S/C43H27NO/c1-5-14-35-30(10-1)31-11-2-6-15-36(31)43(35)37-16-7-3-13-34(37)42-38(43)17-9-18-39(42)44-29-23-20-27(21-24-29)28-22-25-33-32-12-4-8-19-40(32)45-41(33)26-28/h1-26,44H. The van der Waals surface area contributed by atoms with Crippen LogP contribution in [0.1, 0.15) is 22.3 Å². The molecule has 0 aliphatic heterocycles. The van der Waals surface area contributed by atoms with Crippen molar-refractivity contribution in [2.45, 2.75) is 5.41 Å². The van der Waals surface area contributed by atoms with Crippen LogP contribution in [0, 0.1) is 0 Å². The smallest absolute Gasteiger partial charge is 0.136 e. The van der Waals surface area contributed by atoms with Crippen molar-refractivity contribution in [1.82, 2.24) is 0 Å². The molecule has 0 radical (unpaired) electrons. The highest BCUT2D eigenvalue weighted by molar-refractivity contribution is 6.06. The van der Waals surface area contributed by atoms with Crippen LogP contribution >= 0.6 is 0 Å². The van der Waals surface area contributed by atoms with Gasteiger partial charge in [-0.25, -0.2) is 0 Å². The van der Waals surface area contributed by atoms with E-state index in [2.05, 4.69) is 151 Å². The first-order valence-electron chi connectivity index (χ1n) is 15.5. The zero-order valence-corrected chi connectivity index (χ0v) is 24.4. The normalized spacial score (nSPS) is 13.5. The molecule has 210 valence electrons. The lowest BCUT2D eigenvalue weighted by Gasteiger charge is -2.30. The average molecular weight is 574 g/mol. The van der Waals surface area contributed by atoms with Crippen LogP contribution in [0.4, 0.5) is 11.4 Å². The van der Waals surface area contributed by atoms with E-state index >= 15 is 0 Å². The lowest BCUT2D eigenvalue weighted by Crippen LogP contribution is -2.25. The van der Waals surface area contributed by atoms with Gasteiger partial charge in [0, 0.05) is 27.7 Å². The minimum Gasteiger partial charge on any atom is -0.456 e. The minimum absolute atomic E-state index is 0.337. The van der Waals surface area contributed by atoms with Crippen LogP contribution in [0.15, 0.2) is 162 Å². The van der Waals surface area contributed by atoms with Crippen molar-refractivity contribution < 1.29 is 4.42 Å². The summed E-state index contributed by atoms with van der Waals surface area (Å²) in [5, 5.41) is 6.11. The van der Waals surface area contributed by atoms with Crippen molar-refractivity contribution in [3.8, 4) is 33.4 Å². The van der Waals surface area contributed by atoms with E-state index in [4.69, 9.17) is 4.42 Å². The van der Waals surface area contributed by atoms with Gasteiger partial charge in [0.15, 0.2) is 0 Å². The molecule has 2 aliphatic rings. The summed E-state index contributed by atoms with van der Waals surface area (Å²) in [6.45, 7) is 0. The highest BCUT2D eigenvalue weighted by Gasteiger charge is 2.51. The molecule has 7 aromatic carbocycles. The predicted octanol–water partition coefficient (Wildman–Crippen LogP) is 11.3. The van der Waals surface area contributed by atoms with Crippen molar-refractivity contribution in [3.05, 3.63) is 180 Å². The van der Waals surface area contributed by atoms with Gasteiger partial charge in [-0.3, -0.25) is 0 Å². The van der Waals surface area contributed by atoms with Crippen molar-refractivity contribution >= 4 is 33.3 Å². The van der Waals surface area contributed by atoms with Crippen LogP contribution in [-0.4, -0.2) is 0 Å². The number of nitrogens with one attached hydrogen (secondary N) is 1. The molecule has 0 saturated heterocycles. The Morgan fingerprint density at radius 3 is 1.76 bits per heavy atom. The molecule has 0 amide bonds. The molecular formula is C43H27NO. The zero-order chi connectivity index (χ0) is 29.5. The highest BCUT2D eigenvalue weighted by Crippen LogP contribution is 2.63. The summed E-state index contributed by atoms with van der Waals surface area (Å²) < 4.78 is 6.16. The first-order valence-corrected chi connectivity index (χ1v) is 15.5. The van der Waals surface area contributed by atoms with Gasteiger partial charge in [-0.15, -0.1) is 0 Å². The summed E-state index contributed by atoms with van der Waals surface area (Å²) in [4.78, 5) is 0. The SMILES string of the molecule is c1ccc2c(c1)-c1ccccc1C21c2ccccc2-c2c(Nc3ccc(-c4ccc5c(c4)oc4ccccc45)cc3)cccc21. The van der Waals surface area contributed by atoms with Gasteiger partial charge in [-0.05, 0) is 86.5 Å². The summed E-state index contributed by atoms with van der Waals surface area (Å²) in [7, 11) is 0. The van der Waals surface area contributed by atoms with Crippen LogP contribution in [-0.2, 0) is 5.41 Å². The lowest BCUT2D eigenvalue weighted by molar-refractivity contribution is 0.669. The molecule has 1 aromatic heterocycles. The molecule has 2 nitrogen and oxygen atoms in total. The van der Waals surface area contributed by atoms with Gasteiger partial charge >= 0.3 is 0 Å². The van der Waals surface area contributed by atoms with Crippen molar-refractivity contribution in [3.63, 3.8) is 0 Å². The van der Waals surface area contributed by atoms with Crippen LogP contribution < -0.4 is 5.32 Å². The molecule has 2 heteroatoms. The van der Waals surface area contributed by atoms with Gasteiger partial charge in [-0.1, -0.05) is 121 Å². The van der Waals surface area contributed by atoms with E-state index in [1.165, 1.54) is 44.5 Å². The van der Waals surface area contributed by atoms with Gasteiger partial charge in [0.2, 0.25) is 0 Å². The second-order valence-corrected chi connectivity index (χ2v) is 12.1. The Labute approximate surface area is 261 Å². The fourth-order valence-electron chi connectivity index (χ4n) is 8.05. The first kappa shape index (κ1) is 24.6. The fourth-order valence-corrected chi connectivity index (χ4v) is 8.05. The third kappa shape index (κ3) is 3.29. The van der Waals surface area contributed by atoms with E-state index in [-0.39, 0.29) is 5.41 Å². The Morgan fingerprint density at radius 2 is 1.00 bits per heavy atom. The Hall–Kier alpha value is -5.86. The maximum absolute atomic E-state index is 6.16. The number of rotatable bonds is 3. The first-order chi connectivity index (χ1) is 22.3. The Morgan fingerprint density at radius 1 is 0.422 bits per heavy atom. The lowest BCUT2D eigenvalue weighted by atomic mass is 9.70. The van der Waals surface area contributed by atoms with Gasteiger partial charge in [0.05, 0.1) is 5.41 Å². The molecule has 1 heterocycles. The number of anilines is 2. The van der Waals surface area contributed by atoms with E-state index < -0.39 is 0 Å². The van der Waals surface area contributed by atoms with Crippen molar-refractivity contribution in [2.24, 2.45) is 0 Å². The minimum atomic E-state index is -0.337. The summed E-state index contributed by atoms with van der Waals surface area (Å²) in [5.41, 5.74) is 16.6. The molecule has 0 fully saturated rings. The zero-order valence-electron chi connectivity index (χ0n) is 24.4. The van der Waals surface area contributed by atoms with Crippen LogP contribution in [0.3, 0.4) is 0 Å². The quantitative estimate of drug-likeness (QED) is 0.227.